The number of likely N-dealkylation sites (tertiary alicyclic amines) is 1. The van der Waals surface area contributed by atoms with Gasteiger partial charge in [0.15, 0.2) is 0 Å². The lowest BCUT2D eigenvalue weighted by Crippen LogP contribution is -2.43. The summed E-state index contributed by atoms with van der Waals surface area (Å²) in [6.07, 6.45) is 1.77. The van der Waals surface area contributed by atoms with Crippen LogP contribution in [0, 0.1) is 5.82 Å². The van der Waals surface area contributed by atoms with E-state index in [0.29, 0.717) is 17.7 Å². The second-order valence-corrected chi connectivity index (χ2v) is 5.86. The van der Waals surface area contributed by atoms with Gasteiger partial charge in [-0.15, -0.1) is 0 Å². The van der Waals surface area contributed by atoms with Crippen molar-refractivity contribution < 1.29 is 9.18 Å². The summed E-state index contributed by atoms with van der Waals surface area (Å²) in [4.78, 5) is 13.5. The minimum absolute atomic E-state index is 0.00338. The van der Waals surface area contributed by atoms with Crippen LogP contribution in [0.5, 0.6) is 0 Å². The number of carbonyl (C=O) groups is 1. The van der Waals surface area contributed by atoms with E-state index in [1.165, 1.54) is 13.0 Å². The molecule has 0 spiro atoms. The topological polar surface area (TPSA) is 58.4 Å². The first-order valence-electron chi connectivity index (χ1n) is 7.03. The Kier molecular flexibility index (Phi) is 5.25. The smallest absolute Gasteiger partial charge is 0.217 e. The van der Waals surface area contributed by atoms with Crippen LogP contribution < -0.4 is 11.1 Å². The summed E-state index contributed by atoms with van der Waals surface area (Å²) in [5.74, 6) is -0.234. The van der Waals surface area contributed by atoms with Crippen LogP contribution in [0.1, 0.15) is 30.9 Å². The summed E-state index contributed by atoms with van der Waals surface area (Å²) in [5, 5.41) is 2.93. The Morgan fingerprint density at radius 3 is 2.71 bits per heavy atom. The number of hydrogen-bond donors (Lipinski definition) is 2. The molecule has 114 valence electrons. The third-order valence-electron chi connectivity index (χ3n) is 3.72. The van der Waals surface area contributed by atoms with Crippen LogP contribution in [0.3, 0.4) is 0 Å². The number of rotatable bonds is 4. The zero-order valence-corrected chi connectivity index (χ0v) is 12.9. The fourth-order valence-corrected chi connectivity index (χ4v) is 2.74. The van der Waals surface area contributed by atoms with Gasteiger partial charge in [-0.25, -0.2) is 4.39 Å². The molecule has 6 heteroatoms. The lowest BCUT2D eigenvalue weighted by atomic mass is 10.0. The predicted molar refractivity (Wildman–Crippen MR) is 84.4 cm³/mol. The fourth-order valence-electron chi connectivity index (χ4n) is 2.61. The first-order chi connectivity index (χ1) is 9.95. The summed E-state index contributed by atoms with van der Waals surface area (Å²) in [6.45, 7) is 3.74. The highest BCUT2D eigenvalue weighted by Gasteiger charge is 2.20. The summed E-state index contributed by atoms with van der Waals surface area (Å²) in [6, 6.07) is 4.96. The Morgan fingerprint density at radius 2 is 2.14 bits per heavy atom. The first kappa shape index (κ1) is 15.9. The number of thiocarbonyl (C=S) groups is 1. The number of halogens is 1. The van der Waals surface area contributed by atoms with E-state index in [1.807, 2.05) is 0 Å². The molecule has 0 radical (unpaired) electrons. The first-order valence-corrected chi connectivity index (χ1v) is 7.44. The third kappa shape index (κ3) is 4.47. The number of nitrogens with one attached hydrogen (secondary N) is 1. The highest BCUT2D eigenvalue weighted by molar-refractivity contribution is 7.80. The molecule has 1 aromatic carbocycles. The Hall–Kier alpha value is -1.53. The number of carbonyl (C=O) groups excluding carboxylic acids is 1. The van der Waals surface area contributed by atoms with Gasteiger partial charge in [0.2, 0.25) is 5.91 Å². The van der Waals surface area contributed by atoms with Gasteiger partial charge in [0.1, 0.15) is 10.8 Å². The maximum absolute atomic E-state index is 13.9. The highest BCUT2D eigenvalue weighted by atomic mass is 32.1. The molecule has 1 saturated heterocycles. The number of benzene rings is 1. The monoisotopic (exact) mass is 309 g/mol. The molecule has 0 atom stereocenters. The molecule has 1 aliphatic heterocycles. The number of piperidine rings is 1. The van der Waals surface area contributed by atoms with Crippen molar-refractivity contribution in [2.75, 3.05) is 13.1 Å². The molecule has 0 aliphatic carbocycles. The lowest BCUT2D eigenvalue weighted by Gasteiger charge is -2.32. The van der Waals surface area contributed by atoms with E-state index >= 15 is 0 Å². The van der Waals surface area contributed by atoms with Crippen LogP contribution in [0.15, 0.2) is 18.2 Å². The maximum Gasteiger partial charge on any atom is 0.217 e. The van der Waals surface area contributed by atoms with Crippen molar-refractivity contribution in [2.45, 2.75) is 32.4 Å². The van der Waals surface area contributed by atoms with E-state index in [2.05, 4.69) is 10.2 Å². The van der Waals surface area contributed by atoms with Crippen LogP contribution in [-0.2, 0) is 11.3 Å². The molecule has 1 amide bonds. The van der Waals surface area contributed by atoms with Gasteiger partial charge in [0, 0.05) is 43.7 Å². The quantitative estimate of drug-likeness (QED) is 0.829. The van der Waals surface area contributed by atoms with Gasteiger partial charge in [0.25, 0.3) is 0 Å². The SMILES string of the molecule is CC(=O)NC1CCN(Cc2cc(C(N)=S)ccc2F)CC1. The molecule has 1 fully saturated rings. The van der Waals surface area contributed by atoms with Gasteiger partial charge < -0.3 is 11.1 Å². The number of nitrogens with two attached hydrogens (primary N) is 1. The Bertz CT molecular complexity index is 542. The van der Waals surface area contributed by atoms with Gasteiger partial charge >= 0.3 is 0 Å². The number of nitrogens with zero attached hydrogens (tertiary/aromatic N) is 1. The van der Waals surface area contributed by atoms with Crippen molar-refractivity contribution in [1.29, 1.82) is 0 Å². The van der Waals surface area contributed by atoms with Gasteiger partial charge in [-0.3, -0.25) is 9.69 Å². The molecule has 0 unspecified atom stereocenters. The van der Waals surface area contributed by atoms with Crippen molar-refractivity contribution in [1.82, 2.24) is 10.2 Å². The normalized spacial score (nSPS) is 16.7. The van der Waals surface area contributed by atoms with Crippen LogP contribution >= 0.6 is 12.2 Å². The molecule has 0 saturated carbocycles. The van der Waals surface area contributed by atoms with Gasteiger partial charge in [-0.2, -0.15) is 0 Å². The van der Waals surface area contributed by atoms with E-state index in [4.69, 9.17) is 18.0 Å². The van der Waals surface area contributed by atoms with Crippen molar-refractivity contribution in [3.05, 3.63) is 35.1 Å². The van der Waals surface area contributed by atoms with Gasteiger partial charge in [-0.05, 0) is 31.0 Å². The van der Waals surface area contributed by atoms with Crippen LogP contribution in [0.25, 0.3) is 0 Å². The standard InChI is InChI=1S/C15H20FN3OS/c1-10(20)18-13-4-6-19(7-5-13)9-12-8-11(15(17)21)2-3-14(12)16/h2-3,8,13H,4-7,9H2,1H3,(H2,17,21)(H,18,20). The Morgan fingerprint density at radius 1 is 1.48 bits per heavy atom. The maximum atomic E-state index is 13.9. The van der Waals surface area contributed by atoms with E-state index in [1.54, 1.807) is 12.1 Å². The second kappa shape index (κ2) is 6.95. The Labute approximate surface area is 129 Å². The van der Waals surface area contributed by atoms with E-state index in [9.17, 15) is 9.18 Å². The molecular formula is C15H20FN3OS. The number of hydrogen-bond acceptors (Lipinski definition) is 3. The van der Waals surface area contributed by atoms with E-state index in [-0.39, 0.29) is 22.8 Å². The molecule has 4 nitrogen and oxygen atoms in total. The van der Waals surface area contributed by atoms with Crippen molar-refractivity contribution in [3.8, 4) is 0 Å². The summed E-state index contributed by atoms with van der Waals surface area (Å²) >= 11 is 4.93. The van der Waals surface area contributed by atoms with Crippen molar-refractivity contribution in [3.63, 3.8) is 0 Å². The summed E-state index contributed by atoms with van der Waals surface area (Å²) < 4.78 is 13.9. The average Bonchev–Trinajstić information content (AvgIpc) is 2.42. The van der Waals surface area contributed by atoms with E-state index in [0.717, 1.165) is 25.9 Å². The minimum atomic E-state index is -0.237. The molecule has 1 aliphatic rings. The molecule has 2 rings (SSSR count). The molecular weight excluding hydrogens is 289 g/mol. The largest absolute Gasteiger partial charge is 0.389 e. The molecule has 1 heterocycles. The third-order valence-corrected chi connectivity index (χ3v) is 3.95. The molecule has 0 aromatic heterocycles. The number of amides is 1. The fraction of sp³-hybridized carbons (Fsp3) is 0.467. The predicted octanol–water partition coefficient (Wildman–Crippen LogP) is 1.56. The van der Waals surface area contributed by atoms with Crippen molar-refractivity contribution in [2.24, 2.45) is 5.73 Å². The lowest BCUT2D eigenvalue weighted by molar-refractivity contribution is -0.119. The second-order valence-electron chi connectivity index (χ2n) is 5.42. The van der Waals surface area contributed by atoms with Crippen LogP contribution in [-0.4, -0.2) is 34.9 Å². The molecule has 0 bridgehead atoms. The highest BCUT2D eigenvalue weighted by Crippen LogP contribution is 2.17. The molecule has 3 N–H and O–H groups in total. The van der Waals surface area contributed by atoms with Crippen LogP contribution in [0.4, 0.5) is 4.39 Å². The minimum Gasteiger partial charge on any atom is -0.389 e. The van der Waals surface area contributed by atoms with Gasteiger partial charge in [-0.1, -0.05) is 12.2 Å². The summed E-state index contributed by atoms with van der Waals surface area (Å²) in [7, 11) is 0. The Balaban J connectivity index is 1.95. The summed E-state index contributed by atoms with van der Waals surface area (Å²) in [5.41, 5.74) is 6.88. The van der Waals surface area contributed by atoms with E-state index < -0.39 is 0 Å². The molecule has 21 heavy (non-hydrogen) atoms. The average molecular weight is 309 g/mol. The van der Waals surface area contributed by atoms with Gasteiger partial charge in [0.05, 0.1) is 0 Å². The van der Waals surface area contributed by atoms with Crippen LogP contribution in [0.2, 0.25) is 0 Å². The van der Waals surface area contributed by atoms with Crippen molar-refractivity contribution >= 4 is 23.1 Å². The zero-order chi connectivity index (χ0) is 15.4. The molecule has 1 aromatic rings. The zero-order valence-electron chi connectivity index (χ0n) is 12.1.